The molecule has 2 rings (SSSR count). The first-order valence-electron chi connectivity index (χ1n) is 7.84. The van der Waals surface area contributed by atoms with E-state index in [2.05, 4.69) is 10.6 Å². The van der Waals surface area contributed by atoms with E-state index in [9.17, 15) is 4.79 Å². The minimum absolute atomic E-state index is 0.0356. The molecule has 0 radical (unpaired) electrons. The van der Waals surface area contributed by atoms with Gasteiger partial charge in [0.15, 0.2) is 0 Å². The van der Waals surface area contributed by atoms with Crippen LogP contribution in [0.5, 0.6) is 0 Å². The van der Waals surface area contributed by atoms with E-state index in [-0.39, 0.29) is 23.8 Å². The summed E-state index contributed by atoms with van der Waals surface area (Å²) in [6.45, 7) is 7.84. The number of alkyl carbamates (subject to hydrolysis) is 1. The number of hydrogen-bond donors (Lipinski definition) is 3. The summed E-state index contributed by atoms with van der Waals surface area (Å²) in [5, 5.41) is 6.28. The summed E-state index contributed by atoms with van der Waals surface area (Å²) in [4.78, 5) is 11.8. The van der Waals surface area contributed by atoms with Crippen LogP contribution in [0.4, 0.5) is 16.2 Å². The Labute approximate surface area is 132 Å². The molecule has 5 nitrogen and oxygen atoms in total. The summed E-state index contributed by atoms with van der Waals surface area (Å²) in [5.41, 5.74) is 8.61. The first kappa shape index (κ1) is 16.5. The van der Waals surface area contributed by atoms with E-state index in [1.165, 1.54) is 0 Å². The maximum Gasteiger partial charge on any atom is 0.407 e. The van der Waals surface area contributed by atoms with Crippen molar-refractivity contribution in [3.05, 3.63) is 23.8 Å². The Morgan fingerprint density at radius 2 is 2.05 bits per heavy atom. The number of benzene rings is 1. The second-order valence-corrected chi connectivity index (χ2v) is 7.15. The van der Waals surface area contributed by atoms with Gasteiger partial charge in [-0.05, 0) is 58.2 Å². The van der Waals surface area contributed by atoms with Crippen LogP contribution < -0.4 is 16.4 Å². The SMILES string of the molecule is Cc1ccc(NC2CCC(OC(=O)NC(C)(C)C)C2)c(N)c1. The Kier molecular flexibility index (Phi) is 4.84. The van der Waals surface area contributed by atoms with Gasteiger partial charge in [-0.3, -0.25) is 0 Å². The van der Waals surface area contributed by atoms with Crippen LogP contribution in [0.15, 0.2) is 18.2 Å². The topological polar surface area (TPSA) is 76.4 Å². The molecule has 1 amide bonds. The molecule has 122 valence electrons. The van der Waals surface area contributed by atoms with Crippen molar-refractivity contribution in [2.45, 2.75) is 64.6 Å². The maximum absolute atomic E-state index is 11.8. The van der Waals surface area contributed by atoms with E-state index in [0.29, 0.717) is 0 Å². The van der Waals surface area contributed by atoms with E-state index in [0.717, 1.165) is 36.2 Å². The van der Waals surface area contributed by atoms with Gasteiger partial charge in [-0.25, -0.2) is 4.79 Å². The zero-order chi connectivity index (χ0) is 16.3. The molecule has 0 spiro atoms. The fourth-order valence-electron chi connectivity index (χ4n) is 2.70. The molecule has 22 heavy (non-hydrogen) atoms. The molecule has 0 saturated heterocycles. The van der Waals surface area contributed by atoms with Gasteiger partial charge < -0.3 is 21.1 Å². The van der Waals surface area contributed by atoms with Crippen LogP contribution in [-0.2, 0) is 4.74 Å². The van der Waals surface area contributed by atoms with Gasteiger partial charge in [-0.2, -0.15) is 0 Å². The number of rotatable bonds is 3. The second-order valence-electron chi connectivity index (χ2n) is 7.15. The highest BCUT2D eigenvalue weighted by Gasteiger charge is 2.28. The number of ether oxygens (including phenoxy) is 1. The van der Waals surface area contributed by atoms with Crippen molar-refractivity contribution >= 4 is 17.5 Å². The number of nitrogens with one attached hydrogen (secondary N) is 2. The maximum atomic E-state index is 11.8. The lowest BCUT2D eigenvalue weighted by Crippen LogP contribution is -2.42. The minimum Gasteiger partial charge on any atom is -0.446 e. The van der Waals surface area contributed by atoms with Crippen molar-refractivity contribution in [1.29, 1.82) is 0 Å². The minimum atomic E-state index is -0.340. The van der Waals surface area contributed by atoms with Crippen LogP contribution in [0.3, 0.4) is 0 Å². The third kappa shape index (κ3) is 4.83. The van der Waals surface area contributed by atoms with E-state index in [1.807, 2.05) is 45.9 Å². The third-order valence-electron chi connectivity index (χ3n) is 3.70. The standard InChI is InChI=1S/C17H27N3O2/c1-11-5-8-15(14(18)9-11)19-12-6-7-13(10-12)22-16(21)20-17(2,3)4/h5,8-9,12-13,19H,6-7,10,18H2,1-4H3,(H,20,21). The number of carbonyl (C=O) groups excluding carboxylic acids is 1. The molecule has 1 aromatic carbocycles. The van der Waals surface area contributed by atoms with Crippen molar-refractivity contribution in [2.24, 2.45) is 0 Å². The zero-order valence-corrected chi connectivity index (χ0v) is 13.9. The van der Waals surface area contributed by atoms with Gasteiger partial charge >= 0.3 is 6.09 Å². The summed E-state index contributed by atoms with van der Waals surface area (Å²) in [5.74, 6) is 0. The van der Waals surface area contributed by atoms with Crippen LogP contribution in [0.1, 0.15) is 45.6 Å². The van der Waals surface area contributed by atoms with Gasteiger partial charge in [0.2, 0.25) is 0 Å². The first-order chi connectivity index (χ1) is 10.2. The summed E-state index contributed by atoms with van der Waals surface area (Å²) in [6, 6.07) is 6.29. The fraction of sp³-hybridized carbons (Fsp3) is 0.588. The molecule has 0 heterocycles. The van der Waals surface area contributed by atoms with Gasteiger partial charge in [0, 0.05) is 18.0 Å². The Balaban J connectivity index is 1.84. The van der Waals surface area contributed by atoms with Crippen molar-refractivity contribution in [3.8, 4) is 0 Å². The van der Waals surface area contributed by atoms with Crippen molar-refractivity contribution in [1.82, 2.24) is 5.32 Å². The van der Waals surface area contributed by atoms with Crippen molar-refractivity contribution < 1.29 is 9.53 Å². The van der Waals surface area contributed by atoms with Crippen LogP contribution in [0, 0.1) is 6.92 Å². The number of carbonyl (C=O) groups is 1. The van der Waals surface area contributed by atoms with E-state index in [1.54, 1.807) is 0 Å². The Hall–Kier alpha value is -1.91. The average molecular weight is 305 g/mol. The lowest BCUT2D eigenvalue weighted by molar-refractivity contribution is 0.0941. The van der Waals surface area contributed by atoms with E-state index >= 15 is 0 Å². The van der Waals surface area contributed by atoms with Crippen LogP contribution in [0.25, 0.3) is 0 Å². The number of anilines is 2. The Morgan fingerprint density at radius 3 is 2.68 bits per heavy atom. The number of hydrogen-bond acceptors (Lipinski definition) is 4. The van der Waals surface area contributed by atoms with E-state index < -0.39 is 0 Å². The normalized spacial score (nSPS) is 21.5. The molecule has 1 fully saturated rings. The highest BCUT2D eigenvalue weighted by Crippen LogP contribution is 2.28. The number of nitrogen functional groups attached to an aromatic ring is 1. The highest BCUT2D eigenvalue weighted by atomic mass is 16.6. The summed E-state index contributed by atoms with van der Waals surface area (Å²) >= 11 is 0. The van der Waals surface area contributed by atoms with Gasteiger partial charge in [0.05, 0.1) is 11.4 Å². The van der Waals surface area contributed by atoms with E-state index in [4.69, 9.17) is 10.5 Å². The third-order valence-corrected chi connectivity index (χ3v) is 3.70. The summed E-state index contributed by atoms with van der Waals surface area (Å²) in [7, 11) is 0. The molecule has 1 aliphatic rings. The quantitative estimate of drug-likeness (QED) is 0.748. The molecule has 4 N–H and O–H groups in total. The van der Waals surface area contributed by atoms with Crippen LogP contribution in [-0.4, -0.2) is 23.8 Å². The largest absolute Gasteiger partial charge is 0.446 e. The molecule has 2 unspecified atom stereocenters. The molecule has 1 aliphatic carbocycles. The molecule has 0 aliphatic heterocycles. The van der Waals surface area contributed by atoms with Gasteiger partial charge in [-0.1, -0.05) is 6.07 Å². The highest BCUT2D eigenvalue weighted by molar-refractivity contribution is 5.68. The predicted octanol–water partition coefficient (Wildman–Crippen LogP) is 3.43. The lowest BCUT2D eigenvalue weighted by atomic mass is 10.1. The lowest BCUT2D eigenvalue weighted by Gasteiger charge is -2.22. The monoisotopic (exact) mass is 305 g/mol. The molecule has 0 aromatic heterocycles. The Bertz CT molecular complexity index is 537. The fourth-order valence-corrected chi connectivity index (χ4v) is 2.70. The molecule has 1 saturated carbocycles. The van der Waals surface area contributed by atoms with Crippen LogP contribution >= 0.6 is 0 Å². The Morgan fingerprint density at radius 1 is 1.32 bits per heavy atom. The number of nitrogens with two attached hydrogens (primary N) is 1. The predicted molar refractivity (Wildman–Crippen MR) is 90.0 cm³/mol. The second kappa shape index (κ2) is 6.46. The molecule has 5 heteroatoms. The van der Waals surface area contributed by atoms with Crippen molar-refractivity contribution in [2.75, 3.05) is 11.1 Å². The van der Waals surface area contributed by atoms with Gasteiger partial charge in [-0.15, -0.1) is 0 Å². The average Bonchev–Trinajstić information content (AvgIpc) is 2.77. The van der Waals surface area contributed by atoms with Crippen LogP contribution in [0.2, 0.25) is 0 Å². The number of aryl methyl sites for hydroxylation is 1. The smallest absolute Gasteiger partial charge is 0.407 e. The molecule has 2 atom stereocenters. The van der Waals surface area contributed by atoms with Crippen molar-refractivity contribution in [3.63, 3.8) is 0 Å². The summed E-state index contributed by atoms with van der Waals surface area (Å²) < 4.78 is 5.48. The molecule has 1 aromatic rings. The number of amides is 1. The molecule has 0 bridgehead atoms. The summed E-state index contributed by atoms with van der Waals surface area (Å²) in [6.07, 6.45) is 2.28. The first-order valence-corrected chi connectivity index (χ1v) is 7.84. The van der Waals surface area contributed by atoms with Gasteiger partial charge in [0.1, 0.15) is 6.10 Å². The molecular formula is C17H27N3O2. The zero-order valence-electron chi connectivity index (χ0n) is 13.9. The molecular weight excluding hydrogens is 278 g/mol. The van der Waals surface area contributed by atoms with Gasteiger partial charge in [0.25, 0.3) is 0 Å².